The molecule has 0 spiro atoms. The quantitative estimate of drug-likeness (QED) is 0.568. The number of nitrogens with two attached hydrogens (primary N) is 1. The first-order valence-corrected chi connectivity index (χ1v) is 4.20. The van der Waals surface area contributed by atoms with E-state index in [1.165, 1.54) is 12.1 Å². The Balaban J connectivity index is 2.95. The summed E-state index contributed by atoms with van der Waals surface area (Å²) >= 11 is 0. The molecule has 1 aromatic rings. The van der Waals surface area contributed by atoms with E-state index in [0.717, 1.165) is 6.92 Å². The maximum absolute atomic E-state index is 12.9. The van der Waals surface area contributed by atoms with Gasteiger partial charge in [0.1, 0.15) is 0 Å². The van der Waals surface area contributed by atoms with E-state index in [9.17, 15) is 8.78 Å². The molecule has 0 fully saturated rings. The minimum Gasteiger partial charge on any atom is -0.387 e. The van der Waals surface area contributed by atoms with Gasteiger partial charge in [-0.3, -0.25) is 5.41 Å². The standard InChI is InChI=1S/C10H12F2N2/c1-10(11,12)8-4-2-3-7(5-8)6-9(13)14/h2-5H,6H2,1H3,(H3,13,14). The highest BCUT2D eigenvalue weighted by Crippen LogP contribution is 2.27. The molecule has 0 saturated heterocycles. The van der Waals surface area contributed by atoms with Gasteiger partial charge in [0.15, 0.2) is 0 Å². The molecule has 0 heterocycles. The van der Waals surface area contributed by atoms with Crippen molar-refractivity contribution in [2.24, 2.45) is 5.73 Å². The molecule has 76 valence electrons. The number of halogens is 2. The average molecular weight is 198 g/mol. The van der Waals surface area contributed by atoms with Gasteiger partial charge in [-0.25, -0.2) is 8.78 Å². The molecule has 0 bridgehead atoms. The number of nitrogens with one attached hydrogen (secondary N) is 1. The number of alkyl halides is 2. The van der Waals surface area contributed by atoms with Crippen LogP contribution >= 0.6 is 0 Å². The third kappa shape index (κ3) is 2.80. The first kappa shape index (κ1) is 10.6. The van der Waals surface area contributed by atoms with Crippen molar-refractivity contribution in [1.82, 2.24) is 0 Å². The van der Waals surface area contributed by atoms with Crippen molar-refractivity contribution in [3.05, 3.63) is 35.4 Å². The number of benzene rings is 1. The fraction of sp³-hybridized carbons (Fsp3) is 0.300. The van der Waals surface area contributed by atoms with Gasteiger partial charge in [-0.1, -0.05) is 18.2 Å². The topological polar surface area (TPSA) is 49.9 Å². The van der Waals surface area contributed by atoms with Crippen LogP contribution in [0, 0.1) is 5.41 Å². The summed E-state index contributed by atoms with van der Waals surface area (Å²) < 4.78 is 25.8. The van der Waals surface area contributed by atoms with Gasteiger partial charge in [-0.2, -0.15) is 0 Å². The molecule has 1 rings (SSSR count). The lowest BCUT2D eigenvalue weighted by Crippen LogP contribution is -2.14. The van der Waals surface area contributed by atoms with Crippen molar-refractivity contribution >= 4 is 5.84 Å². The Kier molecular flexibility index (Phi) is 2.84. The fourth-order valence-electron chi connectivity index (χ4n) is 1.17. The largest absolute Gasteiger partial charge is 0.387 e. The molecule has 0 aliphatic rings. The van der Waals surface area contributed by atoms with Crippen LogP contribution < -0.4 is 5.73 Å². The van der Waals surface area contributed by atoms with Gasteiger partial charge in [0.25, 0.3) is 5.92 Å². The molecule has 0 amide bonds. The number of hydrogen-bond acceptors (Lipinski definition) is 1. The molecule has 14 heavy (non-hydrogen) atoms. The van der Waals surface area contributed by atoms with Crippen molar-refractivity contribution in [2.45, 2.75) is 19.3 Å². The molecule has 3 N–H and O–H groups in total. The first-order valence-electron chi connectivity index (χ1n) is 4.20. The summed E-state index contributed by atoms with van der Waals surface area (Å²) in [7, 11) is 0. The van der Waals surface area contributed by atoms with Gasteiger partial charge in [0.05, 0.1) is 5.84 Å². The van der Waals surface area contributed by atoms with Crippen LogP contribution in [0.5, 0.6) is 0 Å². The van der Waals surface area contributed by atoms with E-state index in [2.05, 4.69) is 0 Å². The Labute approximate surface area is 81.2 Å². The zero-order chi connectivity index (χ0) is 10.8. The summed E-state index contributed by atoms with van der Waals surface area (Å²) in [5.74, 6) is -2.87. The van der Waals surface area contributed by atoms with Crippen LogP contribution in [-0.4, -0.2) is 5.84 Å². The zero-order valence-electron chi connectivity index (χ0n) is 7.85. The zero-order valence-corrected chi connectivity index (χ0v) is 7.85. The van der Waals surface area contributed by atoms with E-state index in [1.807, 2.05) is 0 Å². The molecule has 0 aliphatic carbocycles. The fourth-order valence-corrected chi connectivity index (χ4v) is 1.17. The van der Waals surface area contributed by atoms with Gasteiger partial charge in [-0.05, 0) is 11.6 Å². The van der Waals surface area contributed by atoms with Gasteiger partial charge in [-0.15, -0.1) is 0 Å². The van der Waals surface area contributed by atoms with Crippen LogP contribution in [0.15, 0.2) is 24.3 Å². The van der Waals surface area contributed by atoms with Crippen molar-refractivity contribution in [3.63, 3.8) is 0 Å². The van der Waals surface area contributed by atoms with Crippen LogP contribution in [0.2, 0.25) is 0 Å². The smallest absolute Gasteiger partial charge is 0.270 e. The van der Waals surface area contributed by atoms with Gasteiger partial charge in [0, 0.05) is 18.9 Å². The Morgan fingerprint density at radius 3 is 2.64 bits per heavy atom. The minimum absolute atomic E-state index is 0.0263. The highest BCUT2D eigenvalue weighted by Gasteiger charge is 2.23. The van der Waals surface area contributed by atoms with Crippen LogP contribution in [-0.2, 0) is 12.3 Å². The second kappa shape index (κ2) is 3.74. The lowest BCUT2D eigenvalue weighted by molar-refractivity contribution is 0.0174. The van der Waals surface area contributed by atoms with E-state index in [1.54, 1.807) is 12.1 Å². The Morgan fingerprint density at radius 1 is 1.50 bits per heavy atom. The normalized spacial score (nSPS) is 11.4. The van der Waals surface area contributed by atoms with Crippen molar-refractivity contribution in [1.29, 1.82) is 5.41 Å². The highest BCUT2D eigenvalue weighted by molar-refractivity contribution is 5.79. The van der Waals surface area contributed by atoms with Crippen molar-refractivity contribution in [2.75, 3.05) is 0 Å². The van der Waals surface area contributed by atoms with Crippen LogP contribution in [0.1, 0.15) is 18.1 Å². The lowest BCUT2D eigenvalue weighted by atomic mass is 10.0. The second-order valence-electron chi connectivity index (χ2n) is 3.29. The highest BCUT2D eigenvalue weighted by atomic mass is 19.3. The summed E-state index contributed by atoms with van der Waals surface area (Å²) in [6.07, 6.45) is 0.212. The molecule has 0 unspecified atom stereocenters. The molecule has 2 nitrogen and oxygen atoms in total. The molecule has 1 aromatic carbocycles. The Bertz CT molecular complexity index is 342. The van der Waals surface area contributed by atoms with E-state index >= 15 is 0 Å². The van der Waals surface area contributed by atoms with E-state index in [4.69, 9.17) is 11.1 Å². The SMILES string of the molecule is CC(F)(F)c1cccc(CC(=N)N)c1. The predicted octanol–water partition coefficient (Wildman–Crippen LogP) is 2.28. The Morgan fingerprint density at radius 2 is 2.14 bits per heavy atom. The maximum Gasteiger partial charge on any atom is 0.270 e. The summed E-state index contributed by atoms with van der Waals surface area (Å²) in [5, 5.41) is 7.05. The summed E-state index contributed by atoms with van der Waals surface area (Å²) in [5.41, 5.74) is 5.77. The number of rotatable bonds is 3. The molecule has 0 saturated carbocycles. The molecular weight excluding hydrogens is 186 g/mol. The summed E-state index contributed by atoms with van der Waals surface area (Å²) in [6, 6.07) is 5.96. The van der Waals surface area contributed by atoms with E-state index < -0.39 is 5.92 Å². The van der Waals surface area contributed by atoms with Crippen molar-refractivity contribution in [3.8, 4) is 0 Å². The molecule has 0 aromatic heterocycles. The molecular formula is C10H12F2N2. The summed E-state index contributed by atoms with van der Waals surface area (Å²) in [4.78, 5) is 0. The molecule has 0 aliphatic heterocycles. The second-order valence-corrected chi connectivity index (χ2v) is 3.29. The van der Waals surface area contributed by atoms with Crippen molar-refractivity contribution < 1.29 is 8.78 Å². The predicted molar refractivity (Wildman–Crippen MR) is 51.6 cm³/mol. The van der Waals surface area contributed by atoms with E-state index in [-0.39, 0.29) is 17.8 Å². The molecule has 4 heteroatoms. The molecule has 0 atom stereocenters. The van der Waals surface area contributed by atoms with Crippen LogP contribution in [0.4, 0.5) is 8.78 Å². The number of amidine groups is 1. The monoisotopic (exact) mass is 198 g/mol. The van der Waals surface area contributed by atoms with Crippen LogP contribution in [0.25, 0.3) is 0 Å². The van der Waals surface area contributed by atoms with Gasteiger partial charge < -0.3 is 5.73 Å². The number of hydrogen-bond donors (Lipinski definition) is 2. The lowest BCUT2D eigenvalue weighted by Gasteiger charge is -2.11. The first-order chi connectivity index (χ1) is 6.39. The maximum atomic E-state index is 12.9. The minimum atomic E-state index is -2.84. The van der Waals surface area contributed by atoms with E-state index in [0.29, 0.717) is 5.56 Å². The van der Waals surface area contributed by atoms with Gasteiger partial charge in [0.2, 0.25) is 0 Å². The van der Waals surface area contributed by atoms with Gasteiger partial charge >= 0.3 is 0 Å². The third-order valence-corrected chi connectivity index (χ3v) is 1.83. The summed E-state index contributed by atoms with van der Waals surface area (Å²) in [6.45, 7) is 0.847. The Hall–Kier alpha value is -1.45. The third-order valence-electron chi connectivity index (χ3n) is 1.83. The average Bonchev–Trinajstić information content (AvgIpc) is 2.01. The molecule has 0 radical (unpaired) electrons. The van der Waals surface area contributed by atoms with Crippen LogP contribution in [0.3, 0.4) is 0 Å².